The highest BCUT2D eigenvalue weighted by molar-refractivity contribution is 6.00. The zero-order valence-corrected chi connectivity index (χ0v) is 12.6. The third kappa shape index (κ3) is 1.72. The highest BCUT2D eigenvalue weighted by atomic mass is 16.5. The van der Waals surface area contributed by atoms with Gasteiger partial charge in [-0.25, -0.2) is 0 Å². The maximum atomic E-state index is 11.4. The lowest BCUT2D eigenvalue weighted by Crippen LogP contribution is -2.44. The van der Waals surface area contributed by atoms with Gasteiger partial charge in [0.2, 0.25) is 0 Å². The van der Waals surface area contributed by atoms with Crippen LogP contribution < -0.4 is 4.74 Å². The number of aliphatic carboxylic acids is 1. The molecule has 0 spiro atoms. The second kappa shape index (κ2) is 4.61. The summed E-state index contributed by atoms with van der Waals surface area (Å²) in [4.78, 5) is 16.9. The largest absolute Gasteiger partial charge is 0.482 e. The summed E-state index contributed by atoms with van der Waals surface area (Å²) in [5, 5.41) is 10.5. The van der Waals surface area contributed by atoms with Crippen LogP contribution in [0.15, 0.2) is 24.3 Å². The van der Waals surface area contributed by atoms with Crippen LogP contribution in [0.5, 0.6) is 5.88 Å². The van der Waals surface area contributed by atoms with Crippen LogP contribution in [0.1, 0.15) is 11.1 Å². The molecule has 1 aromatic heterocycles. The Balaban J connectivity index is 1.98. The average Bonchev–Trinajstić information content (AvgIpc) is 2.87. The van der Waals surface area contributed by atoms with Gasteiger partial charge in [-0.3, -0.25) is 9.69 Å². The minimum Gasteiger partial charge on any atom is -0.482 e. The number of aromatic amines is 1. The highest BCUT2D eigenvalue weighted by Gasteiger charge is 2.36. The van der Waals surface area contributed by atoms with Gasteiger partial charge in [0.05, 0.1) is 13.0 Å². The van der Waals surface area contributed by atoms with Crippen molar-refractivity contribution in [1.82, 2.24) is 9.88 Å². The lowest BCUT2D eigenvalue weighted by Gasteiger charge is -2.38. The van der Waals surface area contributed by atoms with E-state index in [9.17, 15) is 9.90 Å². The number of hydrogen-bond donors (Lipinski definition) is 2. The Morgan fingerprint density at radius 1 is 1.45 bits per heavy atom. The van der Waals surface area contributed by atoms with Crippen molar-refractivity contribution in [1.29, 1.82) is 0 Å². The van der Waals surface area contributed by atoms with E-state index in [1.54, 1.807) is 7.11 Å². The van der Waals surface area contributed by atoms with Crippen molar-refractivity contribution in [2.24, 2.45) is 5.92 Å². The van der Waals surface area contributed by atoms with Crippen LogP contribution in [0.3, 0.4) is 0 Å². The normalized spacial score (nSPS) is 24.0. The number of carbonyl (C=O) groups is 1. The minimum atomic E-state index is -0.762. The Hall–Kier alpha value is -2.27. The Bertz CT molecular complexity index is 806. The number of carboxylic acids is 1. The molecule has 4 rings (SSSR count). The highest BCUT2D eigenvalue weighted by Crippen LogP contribution is 2.44. The van der Waals surface area contributed by atoms with Crippen molar-refractivity contribution in [3.8, 4) is 5.88 Å². The van der Waals surface area contributed by atoms with Crippen molar-refractivity contribution in [3.63, 3.8) is 0 Å². The Kier molecular flexibility index (Phi) is 2.81. The van der Waals surface area contributed by atoms with E-state index in [0.29, 0.717) is 6.54 Å². The van der Waals surface area contributed by atoms with Crippen molar-refractivity contribution in [3.05, 3.63) is 35.4 Å². The molecule has 5 nitrogen and oxygen atoms in total. The van der Waals surface area contributed by atoms with Crippen LogP contribution >= 0.6 is 0 Å². The monoisotopic (exact) mass is 298 g/mol. The fraction of sp³-hybridized carbons (Fsp3) is 0.353. The molecule has 2 N–H and O–H groups in total. The van der Waals surface area contributed by atoms with Crippen LogP contribution in [-0.4, -0.2) is 47.7 Å². The smallest absolute Gasteiger partial charge is 0.311 e. The van der Waals surface area contributed by atoms with Gasteiger partial charge in [0.25, 0.3) is 0 Å². The van der Waals surface area contributed by atoms with Gasteiger partial charge in [0.15, 0.2) is 5.88 Å². The van der Waals surface area contributed by atoms with E-state index in [1.807, 2.05) is 25.3 Å². The van der Waals surface area contributed by atoms with E-state index in [1.165, 1.54) is 10.9 Å². The van der Waals surface area contributed by atoms with Gasteiger partial charge in [-0.1, -0.05) is 18.2 Å². The fourth-order valence-electron chi connectivity index (χ4n) is 3.84. The maximum Gasteiger partial charge on any atom is 0.311 e. The van der Waals surface area contributed by atoms with E-state index in [2.05, 4.69) is 16.0 Å². The summed E-state index contributed by atoms with van der Waals surface area (Å²) in [7, 11) is 3.68. The molecule has 0 bridgehead atoms. The molecule has 114 valence electrons. The lowest BCUT2D eigenvalue weighted by atomic mass is 9.80. The van der Waals surface area contributed by atoms with E-state index in [-0.39, 0.29) is 6.04 Å². The third-order valence-corrected chi connectivity index (χ3v) is 4.87. The number of methoxy groups -OCH3 is 1. The molecular weight excluding hydrogens is 280 g/mol. The molecule has 5 heteroatoms. The van der Waals surface area contributed by atoms with Gasteiger partial charge in [0.1, 0.15) is 0 Å². The predicted octanol–water partition coefficient (Wildman–Crippen LogP) is 2.13. The van der Waals surface area contributed by atoms with Gasteiger partial charge in [-0.05, 0) is 30.7 Å². The van der Waals surface area contributed by atoms with E-state index in [4.69, 9.17) is 4.74 Å². The van der Waals surface area contributed by atoms with E-state index >= 15 is 0 Å². The predicted molar refractivity (Wildman–Crippen MR) is 84.1 cm³/mol. The second-order valence-corrected chi connectivity index (χ2v) is 6.09. The molecule has 1 aliphatic heterocycles. The fourth-order valence-corrected chi connectivity index (χ4v) is 3.84. The van der Waals surface area contributed by atoms with Crippen LogP contribution in [-0.2, 0) is 11.2 Å². The molecule has 2 aliphatic rings. The quantitative estimate of drug-likeness (QED) is 0.891. The standard InChI is InChI=1S/C17H18N2O3/c1-19-8-9(17(20)21)6-11-10-4-3-5-13-15(10)12(7-14(11)19)16(18-13)22-2/h3-6,9,14,18H,7-8H2,1-2H3,(H,20,21)/t9-,14-/m1/s1. The minimum absolute atomic E-state index is 0.207. The van der Waals surface area contributed by atoms with Crippen molar-refractivity contribution in [2.75, 3.05) is 20.7 Å². The number of aromatic nitrogens is 1. The summed E-state index contributed by atoms with van der Waals surface area (Å²) in [6.07, 6.45) is 2.78. The van der Waals surface area contributed by atoms with Crippen molar-refractivity contribution >= 4 is 22.4 Å². The van der Waals surface area contributed by atoms with Crippen LogP contribution in [0.2, 0.25) is 0 Å². The number of ether oxygens (including phenoxy) is 1. The molecule has 1 aliphatic carbocycles. The molecule has 0 radical (unpaired) electrons. The topological polar surface area (TPSA) is 65.6 Å². The first kappa shape index (κ1) is 13.4. The Morgan fingerprint density at radius 3 is 3.00 bits per heavy atom. The van der Waals surface area contributed by atoms with Gasteiger partial charge >= 0.3 is 5.97 Å². The molecule has 1 aromatic carbocycles. The van der Waals surface area contributed by atoms with Crippen LogP contribution in [0.25, 0.3) is 16.5 Å². The number of benzene rings is 1. The van der Waals surface area contributed by atoms with E-state index in [0.717, 1.165) is 29.0 Å². The maximum absolute atomic E-state index is 11.4. The summed E-state index contributed by atoms with van der Waals surface area (Å²) < 4.78 is 5.50. The molecule has 0 unspecified atom stereocenters. The molecule has 0 fully saturated rings. The van der Waals surface area contributed by atoms with Gasteiger partial charge < -0.3 is 14.8 Å². The number of likely N-dealkylation sites (N-methyl/N-ethyl adjacent to an activating group) is 1. The van der Waals surface area contributed by atoms with Crippen molar-refractivity contribution in [2.45, 2.75) is 12.5 Å². The number of nitrogens with one attached hydrogen (secondary N) is 1. The Labute approximate surface area is 128 Å². The zero-order valence-electron chi connectivity index (χ0n) is 12.6. The first-order chi connectivity index (χ1) is 10.6. The van der Waals surface area contributed by atoms with Crippen molar-refractivity contribution < 1.29 is 14.6 Å². The lowest BCUT2D eigenvalue weighted by molar-refractivity contribution is -0.140. The Morgan fingerprint density at radius 2 is 2.27 bits per heavy atom. The number of hydrogen-bond acceptors (Lipinski definition) is 3. The summed E-state index contributed by atoms with van der Waals surface area (Å²) in [6, 6.07) is 6.33. The summed E-state index contributed by atoms with van der Waals surface area (Å²) in [6.45, 7) is 0.543. The number of carboxylic acid groups (broad SMARTS) is 1. The number of nitrogens with zero attached hydrogens (tertiary/aromatic N) is 1. The second-order valence-electron chi connectivity index (χ2n) is 6.09. The molecule has 0 saturated carbocycles. The average molecular weight is 298 g/mol. The first-order valence-electron chi connectivity index (χ1n) is 7.43. The summed E-state index contributed by atoms with van der Waals surface area (Å²) in [5.74, 6) is -0.397. The zero-order chi connectivity index (χ0) is 15.4. The van der Waals surface area contributed by atoms with Gasteiger partial charge in [-0.15, -0.1) is 0 Å². The number of fused-ring (bicyclic) bond motifs is 2. The van der Waals surface area contributed by atoms with E-state index < -0.39 is 11.9 Å². The summed E-state index contributed by atoms with van der Waals surface area (Å²) in [5.41, 5.74) is 4.49. The molecular formula is C17H18N2O3. The third-order valence-electron chi connectivity index (χ3n) is 4.87. The SMILES string of the molecule is COc1[nH]c2cccc3c2c1C[C@@H]1C3=C[C@@H](C(=O)O)CN1C. The molecule has 2 atom stereocenters. The molecule has 0 amide bonds. The van der Waals surface area contributed by atoms with Gasteiger partial charge in [0, 0.05) is 29.1 Å². The molecule has 22 heavy (non-hydrogen) atoms. The summed E-state index contributed by atoms with van der Waals surface area (Å²) >= 11 is 0. The number of H-pyrrole nitrogens is 1. The first-order valence-corrected chi connectivity index (χ1v) is 7.43. The van der Waals surface area contributed by atoms with Gasteiger partial charge in [-0.2, -0.15) is 0 Å². The molecule has 0 saturated heterocycles. The van der Waals surface area contributed by atoms with Crippen LogP contribution in [0.4, 0.5) is 0 Å². The number of rotatable bonds is 2. The molecule has 2 heterocycles. The molecule has 2 aromatic rings. The van der Waals surface area contributed by atoms with Crippen LogP contribution in [0, 0.1) is 5.92 Å².